The Morgan fingerprint density at radius 1 is 1.60 bits per heavy atom. The molecular weight excluding hydrogens is 134 g/mol. The van der Waals surface area contributed by atoms with Gasteiger partial charge in [-0.15, -0.1) is 0 Å². The number of ether oxygens (including phenoxy) is 2. The molecule has 56 valence electrons. The molecular formula is C6H9NO3. The highest BCUT2D eigenvalue weighted by Gasteiger charge is 2.43. The van der Waals surface area contributed by atoms with Crippen LogP contribution in [0.15, 0.2) is 0 Å². The van der Waals surface area contributed by atoms with Crippen molar-refractivity contribution < 1.29 is 14.3 Å². The molecule has 2 aliphatic rings. The average molecular weight is 143 g/mol. The summed E-state index contributed by atoms with van der Waals surface area (Å²) in [5, 5.41) is 2.61. The Labute approximate surface area is 58.5 Å². The minimum Gasteiger partial charge on any atom is -0.438 e. The summed E-state index contributed by atoms with van der Waals surface area (Å²) < 4.78 is 10.1. The zero-order valence-corrected chi connectivity index (χ0v) is 5.55. The zero-order valence-electron chi connectivity index (χ0n) is 5.55. The van der Waals surface area contributed by atoms with Crippen LogP contribution in [0.5, 0.6) is 0 Å². The van der Waals surface area contributed by atoms with E-state index in [4.69, 9.17) is 9.47 Å². The maximum Gasteiger partial charge on any atom is 0.407 e. The summed E-state index contributed by atoms with van der Waals surface area (Å²) in [6.45, 7) is 1.85. The van der Waals surface area contributed by atoms with E-state index in [1.165, 1.54) is 0 Å². The van der Waals surface area contributed by atoms with Crippen LogP contribution in [0, 0.1) is 0 Å². The van der Waals surface area contributed by atoms with E-state index in [-0.39, 0.29) is 11.7 Å². The first kappa shape index (κ1) is 5.97. The van der Waals surface area contributed by atoms with Crippen LogP contribution < -0.4 is 5.32 Å². The van der Waals surface area contributed by atoms with Gasteiger partial charge >= 0.3 is 6.09 Å². The highest BCUT2D eigenvalue weighted by Crippen LogP contribution is 2.25. The zero-order chi connectivity index (χ0) is 7.03. The summed E-state index contributed by atoms with van der Waals surface area (Å²) in [6.07, 6.45) is 0.511. The first-order chi connectivity index (χ1) is 4.81. The van der Waals surface area contributed by atoms with Crippen LogP contribution in [0.25, 0.3) is 0 Å². The first-order valence-electron chi connectivity index (χ1n) is 3.35. The van der Waals surface area contributed by atoms with E-state index in [1.807, 2.05) is 0 Å². The molecule has 0 aliphatic carbocycles. The first-order valence-corrected chi connectivity index (χ1v) is 3.35. The number of amides is 1. The van der Waals surface area contributed by atoms with E-state index in [1.54, 1.807) is 0 Å². The van der Waals surface area contributed by atoms with Gasteiger partial charge in [0.2, 0.25) is 0 Å². The lowest BCUT2D eigenvalue weighted by atomic mass is 10.1. The van der Waals surface area contributed by atoms with Crippen LogP contribution in [-0.2, 0) is 9.47 Å². The van der Waals surface area contributed by atoms with Crippen molar-refractivity contribution in [3.05, 3.63) is 0 Å². The van der Waals surface area contributed by atoms with Crippen LogP contribution in [0.4, 0.5) is 4.79 Å². The third-order valence-corrected chi connectivity index (χ3v) is 1.93. The van der Waals surface area contributed by atoms with Gasteiger partial charge in [-0.1, -0.05) is 0 Å². The predicted octanol–water partition coefficient (Wildman–Crippen LogP) is -0.115. The van der Waals surface area contributed by atoms with E-state index in [0.717, 1.165) is 6.42 Å². The lowest BCUT2D eigenvalue weighted by Crippen LogP contribution is -2.33. The molecule has 1 amide bonds. The minimum atomic E-state index is -0.322. The van der Waals surface area contributed by atoms with Gasteiger partial charge < -0.3 is 14.8 Å². The molecule has 0 aromatic rings. The van der Waals surface area contributed by atoms with E-state index in [9.17, 15) is 4.79 Å². The van der Waals surface area contributed by atoms with Crippen molar-refractivity contribution >= 4 is 6.09 Å². The summed E-state index contributed by atoms with van der Waals surface area (Å²) in [7, 11) is 0. The number of hydrogen-bond donors (Lipinski definition) is 1. The number of hydrogen-bond acceptors (Lipinski definition) is 3. The summed E-state index contributed by atoms with van der Waals surface area (Å²) in [4.78, 5) is 10.6. The van der Waals surface area contributed by atoms with Crippen molar-refractivity contribution in [2.45, 2.75) is 12.0 Å². The van der Waals surface area contributed by atoms with E-state index in [2.05, 4.69) is 5.32 Å². The van der Waals surface area contributed by atoms with Gasteiger partial charge in [0.05, 0.1) is 19.8 Å². The van der Waals surface area contributed by atoms with Gasteiger partial charge in [-0.25, -0.2) is 4.79 Å². The number of carbonyl (C=O) groups excluding carboxylic acids is 1. The van der Waals surface area contributed by atoms with Crippen LogP contribution >= 0.6 is 0 Å². The fourth-order valence-corrected chi connectivity index (χ4v) is 1.31. The highest BCUT2D eigenvalue weighted by molar-refractivity contribution is 5.70. The van der Waals surface area contributed by atoms with Gasteiger partial charge in [-0.2, -0.15) is 0 Å². The van der Waals surface area contributed by atoms with Crippen LogP contribution in [-0.4, -0.2) is 31.5 Å². The Hall–Kier alpha value is -0.770. The summed E-state index contributed by atoms with van der Waals surface area (Å²) in [5.74, 6) is 0. The molecule has 1 atom stereocenters. The monoisotopic (exact) mass is 143 g/mol. The molecule has 0 radical (unpaired) electrons. The molecule has 2 aliphatic heterocycles. The standard InChI is InChI=1S/C6H9NO3/c8-5-7-3-6(10-5)1-2-9-4-6/h1-4H2,(H,7,8). The van der Waals surface area contributed by atoms with E-state index < -0.39 is 0 Å². The Balaban J connectivity index is 2.09. The smallest absolute Gasteiger partial charge is 0.407 e. The maximum atomic E-state index is 10.6. The van der Waals surface area contributed by atoms with Crippen molar-refractivity contribution in [3.63, 3.8) is 0 Å². The SMILES string of the molecule is O=C1NCC2(CCOC2)O1. The van der Waals surface area contributed by atoms with Crippen molar-refractivity contribution in [2.24, 2.45) is 0 Å². The Morgan fingerprint density at radius 3 is 3.00 bits per heavy atom. The van der Waals surface area contributed by atoms with E-state index in [0.29, 0.717) is 19.8 Å². The summed E-state index contributed by atoms with van der Waals surface area (Å²) in [5.41, 5.74) is -0.322. The van der Waals surface area contributed by atoms with Crippen molar-refractivity contribution in [1.29, 1.82) is 0 Å². The van der Waals surface area contributed by atoms with E-state index >= 15 is 0 Å². The molecule has 0 saturated carbocycles. The second-order valence-corrected chi connectivity index (χ2v) is 2.73. The molecule has 0 bridgehead atoms. The molecule has 1 spiro atoms. The normalized spacial score (nSPS) is 38.2. The van der Waals surface area contributed by atoms with Gasteiger partial charge in [-0.3, -0.25) is 0 Å². The van der Waals surface area contributed by atoms with Crippen molar-refractivity contribution in [3.8, 4) is 0 Å². The third-order valence-electron chi connectivity index (χ3n) is 1.93. The van der Waals surface area contributed by atoms with Gasteiger partial charge in [0, 0.05) is 6.42 Å². The predicted molar refractivity (Wildman–Crippen MR) is 32.7 cm³/mol. The molecule has 2 fully saturated rings. The average Bonchev–Trinajstić information content (AvgIpc) is 2.46. The second-order valence-electron chi connectivity index (χ2n) is 2.73. The molecule has 2 rings (SSSR count). The lowest BCUT2D eigenvalue weighted by molar-refractivity contribution is 0.0435. The quantitative estimate of drug-likeness (QED) is 0.514. The van der Waals surface area contributed by atoms with Gasteiger partial charge in [0.25, 0.3) is 0 Å². The Kier molecular flexibility index (Phi) is 1.11. The summed E-state index contributed by atoms with van der Waals surface area (Å²) >= 11 is 0. The molecule has 0 aromatic heterocycles. The molecule has 1 unspecified atom stereocenters. The summed E-state index contributed by atoms with van der Waals surface area (Å²) in [6, 6.07) is 0. The topological polar surface area (TPSA) is 47.6 Å². The molecule has 2 saturated heterocycles. The Morgan fingerprint density at radius 2 is 2.50 bits per heavy atom. The molecule has 4 heteroatoms. The molecule has 0 aromatic carbocycles. The van der Waals surface area contributed by atoms with Crippen molar-refractivity contribution in [2.75, 3.05) is 19.8 Å². The molecule has 2 heterocycles. The highest BCUT2D eigenvalue weighted by atomic mass is 16.6. The van der Waals surface area contributed by atoms with Crippen LogP contribution in [0.2, 0.25) is 0 Å². The van der Waals surface area contributed by atoms with Gasteiger partial charge in [0.15, 0.2) is 5.60 Å². The van der Waals surface area contributed by atoms with Crippen molar-refractivity contribution in [1.82, 2.24) is 5.32 Å². The maximum absolute atomic E-state index is 10.6. The fourth-order valence-electron chi connectivity index (χ4n) is 1.31. The second kappa shape index (κ2) is 1.85. The molecule has 10 heavy (non-hydrogen) atoms. The molecule has 1 N–H and O–H groups in total. The van der Waals surface area contributed by atoms with Crippen LogP contribution in [0.3, 0.4) is 0 Å². The largest absolute Gasteiger partial charge is 0.438 e. The number of rotatable bonds is 0. The van der Waals surface area contributed by atoms with Gasteiger partial charge in [0.1, 0.15) is 0 Å². The van der Waals surface area contributed by atoms with Crippen LogP contribution in [0.1, 0.15) is 6.42 Å². The fraction of sp³-hybridized carbons (Fsp3) is 0.833. The third kappa shape index (κ3) is 0.759. The Bertz CT molecular complexity index is 162. The lowest BCUT2D eigenvalue weighted by Gasteiger charge is -2.16. The number of carbonyl (C=O) groups is 1. The minimum absolute atomic E-state index is 0.314. The number of nitrogens with one attached hydrogen (secondary N) is 1. The molecule has 4 nitrogen and oxygen atoms in total. The number of alkyl carbamates (subject to hydrolysis) is 1. The van der Waals surface area contributed by atoms with Gasteiger partial charge in [-0.05, 0) is 0 Å².